The van der Waals surface area contributed by atoms with Crippen LogP contribution in [-0.2, 0) is 0 Å². The molecule has 15 heavy (non-hydrogen) atoms. The van der Waals surface area contributed by atoms with Gasteiger partial charge < -0.3 is 4.74 Å². The molecule has 1 N–H and O–H groups in total. The van der Waals surface area contributed by atoms with Gasteiger partial charge in [0, 0.05) is 6.07 Å². The number of aromatic amines is 1. The molecule has 0 unspecified atom stereocenters. The number of H-pyrrole nitrogens is 1. The minimum atomic E-state index is -0.181. The monoisotopic (exact) mass is 208 g/mol. The Bertz CT molecular complexity index is 541. The summed E-state index contributed by atoms with van der Waals surface area (Å²) < 4.78 is 6.14. The lowest BCUT2D eigenvalue weighted by atomic mass is 10.1. The van der Waals surface area contributed by atoms with Gasteiger partial charge in [-0.05, 0) is 5.92 Å². The van der Waals surface area contributed by atoms with Crippen LogP contribution in [0.15, 0.2) is 10.9 Å². The van der Waals surface area contributed by atoms with E-state index in [-0.39, 0.29) is 17.5 Å². The Morgan fingerprint density at radius 3 is 2.80 bits per heavy atom. The van der Waals surface area contributed by atoms with Gasteiger partial charge >= 0.3 is 6.01 Å². The summed E-state index contributed by atoms with van der Waals surface area (Å²) in [7, 11) is 1.48. The molecule has 0 fully saturated rings. The average Bonchev–Trinajstić information content (AvgIpc) is 2.61. The van der Waals surface area contributed by atoms with E-state index in [4.69, 9.17) is 4.74 Å². The second-order valence-electron chi connectivity index (χ2n) is 3.54. The zero-order chi connectivity index (χ0) is 11.0. The highest BCUT2D eigenvalue weighted by atomic mass is 16.5. The molecule has 2 heterocycles. The molecule has 0 bridgehead atoms. The minimum Gasteiger partial charge on any atom is -0.467 e. The van der Waals surface area contributed by atoms with Crippen molar-refractivity contribution in [2.45, 2.75) is 19.8 Å². The highest BCUT2D eigenvalue weighted by molar-refractivity contribution is 5.30. The Morgan fingerprint density at radius 1 is 1.47 bits per heavy atom. The van der Waals surface area contributed by atoms with Crippen molar-refractivity contribution in [2.75, 3.05) is 7.11 Å². The van der Waals surface area contributed by atoms with Crippen LogP contribution >= 0.6 is 0 Å². The third-order valence-electron chi connectivity index (χ3n) is 2.11. The number of nitrogens with zero attached hydrogens (tertiary/aromatic N) is 3. The molecule has 0 aliphatic rings. The molecule has 0 amide bonds. The lowest BCUT2D eigenvalue weighted by molar-refractivity contribution is 0.380. The average molecular weight is 208 g/mol. The number of ether oxygens (including phenoxy) is 1. The predicted molar refractivity (Wildman–Crippen MR) is 54.2 cm³/mol. The van der Waals surface area contributed by atoms with Gasteiger partial charge in [-0.25, -0.2) is 10.1 Å². The number of methoxy groups -OCH3 is 1. The van der Waals surface area contributed by atoms with Crippen LogP contribution in [0.25, 0.3) is 5.78 Å². The zero-order valence-electron chi connectivity index (χ0n) is 8.81. The third kappa shape index (κ3) is 1.58. The first kappa shape index (κ1) is 9.70. The SMILES string of the molecule is COc1nc2nc(C(C)C)cc(=O)n2[nH]1. The first-order valence-electron chi connectivity index (χ1n) is 4.65. The normalized spacial score (nSPS) is 11.2. The van der Waals surface area contributed by atoms with E-state index in [0.717, 1.165) is 5.69 Å². The third-order valence-corrected chi connectivity index (χ3v) is 2.11. The van der Waals surface area contributed by atoms with Gasteiger partial charge in [-0.1, -0.05) is 13.8 Å². The Morgan fingerprint density at radius 2 is 2.20 bits per heavy atom. The smallest absolute Gasteiger partial charge is 0.312 e. The van der Waals surface area contributed by atoms with Crippen LogP contribution in [0.3, 0.4) is 0 Å². The van der Waals surface area contributed by atoms with Gasteiger partial charge in [0.25, 0.3) is 11.3 Å². The number of aromatic nitrogens is 4. The topological polar surface area (TPSA) is 72.3 Å². The zero-order valence-corrected chi connectivity index (χ0v) is 8.81. The van der Waals surface area contributed by atoms with E-state index in [2.05, 4.69) is 15.1 Å². The first-order chi connectivity index (χ1) is 7.11. The summed E-state index contributed by atoms with van der Waals surface area (Å²) in [4.78, 5) is 19.9. The highest BCUT2D eigenvalue weighted by Crippen LogP contribution is 2.10. The molecule has 80 valence electrons. The molecular formula is C9H12N4O2. The fourth-order valence-corrected chi connectivity index (χ4v) is 1.27. The van der Waals surface area contributed by atoms with Crippen molar-refractivity contribution in [3.05, 3.63) is 22.1 Å². The maximum atomic E-state index is 11.6. The summed E-state index contributed by atoms with van der Waals surface area (Å²) >= 11 is 0. The summed E-state index contributed by atoms with van der Waals surface area (Å²) in [5.41, 5.74) is 0.550. The van der Waals surface area contributed by atoms with Gasteiger partial charge in [-0.3, -0.25) is 4.79 Å². The maximum absolute atomic E-state index is 11.6. The molecule has 2 rings (SSSR count). The van der Waals surface area contributed by atoms with Crippen LogP contribution in [-0.4, -0.2) is 26.7 Å². The van der Waals surface area contributed by atoms with Crippen LogP contribution in [0.1, 0.15) is 25.5 Å². The summed E-state index contributed by atoms with van der Waals surface area (Å²) in [5.74, 6) is 0.536. The van der Waals surface area contributed by atoms with Crippen molar-refractivity contribution in [2.24, 2.45) is 0 Å². The summed E-state index contributed by atoms with van der Waals surface area (Å²) in [5, 5.41) is 2.69. The molecule has 2 aromatic rings. The van der Waals surface area contributed by atoms with Crippen LogP contribution in [0.2, 0.25) is 0 Å². The van der Waals surface area contributed by atoms with E-state index in [1.54, 1.807) is 0 Å². The lowest BCUT2D eigenvalue weighted by Gasteiger charge is -2.01. The Hall–Kier alpha value is -1.85. The maximum Gasteiger partial charge on any atom is 0.312 e. The summed E-state index contributed by atoms with van der Waals surface area (Å²) in [6.45, 7) is 3.95. The summed E-state index contributed by atoms with van der Waals surface area (Å²) in [6.07, 6.45) is 0. The van der Waals surface area contributed by atoms with E-state index >= 15 is 0 Å². The summed E-state index contributed by atoms with van der Waals surface area (Å²) in [6, 6.07) is 1.77. The van der Waals surface area contributed by atoms with Gasteiger partial charge in [0.1, 0.15) is 0 Å². The molecule has 6 heteroatoms. The minimum absolute atomic E-state index is 0.181. The van der Waals surface area contributed by atoms with Crippen LogP contribution in [0, 0.1) is 0 Å². The van der Waals surface area contributed by atoms with Gasteiger partial charge in [-0.15, -0.1) is 0 Å². The lowest BCUT2D eigenvalue weighted by Crippen LogP contribution is -2.16. The fraction of sp³-hybridized carbons (Fsp3) is 0.444. The Balaban J connectivity index is 2.70. The molecule has 0 saturated carbocycles. The molecule has 0 spiro atoms. The van der Waals surface area contributed by atoms with Gasteiger partial charge in [0.05, 0.1) is 12.8 Å². The van der Waals surface area contributed by atoms with Crippen molar-refractivity contribution in [3.63, 3.8) is 0 Å². The number of fused-ring (bicyclic) bond motifs is 1. The molecule has 0 aromatic carbocycles. The van der Waals surface area contributed by atoms with Crippen molar-refractivity contribution in [1.82, 2.24) is 19.6 Å². The van der Waals surface area contributed by atoms with Crippen molar-refractivity contribution >= 4 is 5.78 Å². The second kappa shape index (κ2) is 3.38. The molecule has 0 aliphatic carbocycles. The van der Waals surface area contributed by atoms with E-state index in [9.17, 15) is 4.79 Å². The van der Waals surface area contributed by atoms with Crippen LogP contribution < -0.4 is 10.3 Å². The fourth-order valence-electron chi connectivity index (χ4n) is 1.27. The standard InChI is InChI=1S/C9H12N4O2/c1-5(2)6-4-7(14)13-8(10-6)11-9(12-13)15-3/h4-5H,1-3H3,(H,10,11,12). The Kier molecular flexibility index (Phi) is 2.18. The molecule has 2 aromatic heterocycles. The number of rotatable bonds is 2. The number of hydrogen-bond donors (Lipinski definition) is 1. The van der Waals surface area contributed by atoms with Crippen molar-refractivity contribution in [1.29, 1.82) is 0 Å². The van der Waals surface area contributed by atoms with Gasteiger partial charge in [0.2, 0.25) is 0 Å². The van der Waals surface area contributed by atoms with E-state index < -0.39 is 0 Å². The largest absolute Gasteiger partial charge is 0.467 e. The second-order valence-corrected chi connectivity index (χ2v) is 3.54. The quantitative estimate of drug-likeness (QED) is 0.782. The van der Waals surface area contributed by atoms with Crippen LogP contribution in [0.4, 0.5) is 0 Å². The van der Waals surface area contributed by atoms with Crippen LogP contribution in [0.5, 0.6) is 6.01 Å². The van der Waals surface area contributed by atoms with Gasteiger partial charge in [-0.2, -0.15) is 9.50 Å². The molecule has 0 atom stereocenters. The molecule has 6 nitrogen and oxygen atoms in total. The van der Waals surface area contributed by atoms with Crippen molar-refractivity contribution < 1.29 is 4.74 Å². The highest BCUT2D eigenvalue weighted by Gasteiger charge is 2.09. The first-order valence-corrected chi connectivity index (χ1v) is 4.65. The molecule has 0 radical (unpaired) electrons. The van der Waals surface area contributed by atoms with Gasteiger partial charge in [0.15, 0.2) is 0 Å². The predicted octanol–water partition coefficient (Wildman–Crippen LogP) is 0.550. The van der Waals surface area contributed by atoms with E-state index in [1.165, 1.54) is 17.7 Å². The molecular weight excluding hydrogens is 196 g/mol. The number of hydrogen-bond acceptors (Lipinski definition) is 4. The van der Waals surface area contributed by atoms with E-state index in [0.29, 0.717) is 5.78 Å². The van der Waals surface area contributed by atoms with Crippen molar-refractivity contribution in [3.8, 4) is 6.01 Å². The Labute approximate surface area is 85.9 Å². The van der Waals surface area contributed by atoms with E-state index in [1.807, 2.05) is 13.8 Å². The molecule has 0 saturated heterocycles. The molecule has 0 aliphatic heterocycles. The number of nitrogens with one attached hydrogen (secondary N) is 1.